The molecule has 0 fully saturated rings. The number of thiazole rings is 1. The number of rotatable bonds is 4. The summed E-state index contributed by atoms with van der Waals surface area (Å²) in [5.74, 6) is -0.258. The number of fused-ring (bicyclic) bond motifs is 1. The summed E-state index contributed by atoms with van der Waals surface area (Å²) in [6, 6.07) is 11.0. The zero-order chi connectivity index (χ0) is 24.0. The van der Waals surface area contributed by atoms with E-state index in [0.717, 1.165) is 27.4 Å². The van der Waals surface area contributed by atoms with Gasteiger partial charge in [-0.25, -0.2) is 4.99 Å². The number of nitrogens with zero attached hydrogens (tertiary/aromatic N) is 4. The average molecular weight is 490 g/mol. The van der Waals surface area contributed by atoms with Crippen LogP contribution in [0.2, 0.25) is 0 Å². The fraction of sp³-hybridized carbons (Fsp3) is 0.200. The lowest BCUT2D eigenvalue weighted by Crippen LogP contribution is -2.40. The number of aromatic nitrogens is 3. The van der Waals surface area contributed by atoms with Crippen LogP contribution in [0, 0.1) is 13.8 Å². The highest BCUT2D eigenvalue weighted by atomic mass is 32.1. The number of nitrogens with one attached hydrogen (secondary N) is 1. The van der Waals surface area contributed by atoms with Crippen molar-refractivity contribution in [2.24, 2.45) is 12.0 Å². The normalized spacial score (nSPS) is 15.9. The second kappa shape index (κ2) is 8.66. The van der Waals surface area contributed by atoms with Gasteiger partial charge in [-0.3, -0.25) is 18.8 Å². The third-order valence-corrected chi connectivity index (χ3v) is 7.72. The summed E-state index contributed by atoms with van der Waals surface area (Å²) < 4.78 is 3.93. The van der Waals surface area contributed by atoms with Gasteiger partial charge in [-0.15, -0.1) is 11.3 Å². The number of benzene rings is 1. The maximum absolute atomic E-state index is 13.6. The van der Waals surface area contributed by atoms with Crippen LogP contribution in [0.15, 0.2) is 69.0 Å². The van der Waals surface area contributed by atoms with Crippen LogP contribution in [0.1, 0.15) is 34.7 Å². The summed E-state index contributed by atoms with van der Waals surface area (Å²) >= 11 is 2.85. The van der Waals surface area contributed by atoms with E-state index in [1.807, 2.05) is 81.9 Å². The van der Waals surface area contributed by atoms with Crippen molar-refractivity contribution in [3.63, 3.8) is 0 Å². The molecule has 7 nitrogen and oxygen atoms in total. The predicted molar refractivity (Wildman–Crippen MR) is 136 cm³/mol. The Morgan fingerprint density at radius 1 is 1.15 bits per heavy atom. The lowest BCUT2D eigenvalue weighted by molar-refractivity contribution is -0.113. The van der Waals surface area contributed by atoms with E-state index in [9.17, 15) is 9.59 Å². The average Bonchev–Trinajstić information content (AvgIpc) is 3.50. The van der Waals surface area contributed by atoms with Gasteiger partial charge in [0.05, 0.1) is 21.5 Å². The predicted octanol–water partition coefficient (Wildman–Crippen LogP) is 3.29. The van der Waals surface area contributed by atoms with E-state index < -0.39 is 6.04 Å². The number of anilines is 1. The van der Waals surface area contributed by atoms with E-state index in [1.54, 1.807) is 9.25 Å². The van der Waals surface area contributed by atoms with Crippen molar-refractivity contribution in [3.8, 4) is 0 Å². The van der Waals surface area contributed by atoms with Crippen molar-refractivity contribution in [1.82, 2.24) is 14.3 Å². The number of carbonyl (C=O) groups is 1. The summed E-state index contributed by atoms with van der Waals surface area (Å²) in [6.45, 7) is 5.69. The summed E-state index contributed by atoms with van der Waals surface area (Å²) in [5, 5.41) is 9.35. The zero-order valence-corrected chi connectivity index (χ0v) is 20.8. The fourth-order valence-electron chi connectivity index (χ4n) is 4.13. The maximum atomic E-state index is 13.6. The van der Waals surface area contributed by atoms with Crippen molar-refractivity contribution in [2.75, 3.05) is 5.32 Å². The van der Waals surface area contributed by atoms with Gasteiger partial charge in [-0.2, -0.15) is 5.10 Å². The first-order chi connectivity index (χ1) is 16.3. The minimum absolute atomic E-state index is 0.168. The lowest BCUT2D eigenvalue weighted by atomic mass is 10.0. The maximum Gasteiger partial charge on any atom is 0.271 e. The first-order valence-electron chi connectivity index (χ1n) is 10.8. The number of allylic oxidation sites excluding steroid dienone is 1. The van der Waals surface area contributed by atoms with Crippen LogP contribution < -0.4 is 20.2 Å². The first kappa shape index (κ1) is 22.2. The highest BCUT2D eigenvalue weighted by molar-refractivity contribution is 7.10. The van der Waals surface area contributed by atoms with Crippen molar-refractivity contribution >= 4 is 40.3 Å². The Kier molecular flexibility index (Phi) is 5.66. The third-order valence-electron chi connectivity index (χ3n) is 5.81. The second-order valence-electron chi connectivity index (χ2n) is 8.21. The monoisotopic (exact) mass is 489 g/mol. The molecule has 1 N–H and O–H groups in total. The Bertz CT molecular complexity index is 1620. The first-order valence-corrected chi connectivity index (χ1v) is 12.5. The minimum atomic E-state index is -0.544. The van der Waals surface area contributed by atoms with Gasteiger partial charge in [0, 0.05) is 29.4 Å². The molecule has 0 saturated heterocycles. The van der Waals surface area contributed by atoms with E-state index in [2.05, 4.69) is 15.4 Å². The molecule has 9 heteroatoms. The topological polar surface area (TPSA) is 81.3 Å². The third kappa shape index (κ3) is 3.86. The van der Waals surface area contributed by atoms with Gasteiger partial charge in [0.25, 0.3) is 11.5 Å². The number of aryl methyl sites for hydroxylation is 3. The fourth-order valence-corrected chi connectivity index (χ4v) is 5.99. The molecule has 0 aliphatic carbocycles. The van der Waals surface area contributed by atoms with Gasteiger partial charge in [-0.05, 0) is 49.9 Å². The van der Waals surface area contributed by atoms with Crippen molar-refractivity contribution in [1.29, 1.82) is 0 Å². The molecule has 1 aliphatic heterocycles. The van der Waals surface area contributed by atoms with Crippen LogP contribution in [-0.4, -0.2) is 20.3 Å². The van der Waals surface area contributed by atoms with Crippen LogP contribution in [-0.2, 0) is 11.8 Å². The molecule has 1 amide bonds. The van der Waals surface area contributed by atoms with Gasteiger partial charge >= 0.3 is 0 Å². The zero-order valence-electron chi connectivity index (χ0n) is 19.2. The molecule has 172 valence electrons. The molecule has 0 bridgehead atoms. The summed E-state index contributed by atoms with van der Waals surface area (Å²) in [7, 11) is 1.85. The molecule has 1 aliphatic rings. The van der Waals surface area contributed by atoms with Gasteiger partial charge in [0.15, 0.2) is 4.80 Å². The Morgan fingerprint density at radius 3 is 2.62 bits per heavy atom. The molecule has 0 saturated carbocycles. The highest BCUT2D eigenvalue weighted by Gasteiger charge is 2.33. The van der Waals surface area contributed by atoms with Gasteiger partial charge in [-0.1, -0.05) is 35.6 Å². The Labute approximate surface area is 204 Å². The van der Waals surface area contributed by atoms with Crippen LogP contribution in [0.25, 0.3) is 6.08 Å². The van der Waals surface area contributed by atoms with Crippen LogP contribution in [0.5, 0.6) is 0 Å². The number of para-hydroxylation sites is 1. The number of thiophene rings is 1. The van der Waals surface area contributed by atoms with E-state index in [0.29, 0.717) is 20.6 Å². The minimum Gasteiger partial charge on any atom is -0.322 e. The van der Waals surface area contributed by atoms with E-state index in [4.69, 9.17) is 0 Å². The highest BCUT2D eigenvalue weighted by Crippen LogP contribution is 2.33. The standard InChI is InChI=1S/C25H23N5O2S2/c1-14-8-5-6-9-18(14)27-23(31)21-16(3)26-25-30(22(21)19-10-7-11-33-19)24(32)20(34-25)12-17-13-29(4)28-15(17)2/h5-13,22H,1-4H3,(H,27,31). The SMILES string of the molecule is CC1=C(C(=O)Nc2ccccc2C)C(c2cccs2)n2c(sc(=Cc3cn(C)nc3C)c2=O)=N1. The Balaban J connectivity index is 1.66. The number of hydrogen-bond acceptors (Lipinski definition) is 6. The lowest BCUT2D eigenvalue weighted by Gasteiger charge is -2.24. The van der Waals surface area contributed by atoms with Crippen LogP contribution in [0.4, 0.5) is 5.69 Å². The van der Waals surface area contributed by atoms with E-state index in [1.165, 1.54) is 22.7 Å². The molecular formula is C25H23N5O2S2. The van der Waals surface area contributed by atoms with Crippen molar-refractivity contribution in [3.05, 3.63) is 101 Å². The molecule has 5 rings (SSSR count). The molecule has 3 aromatic heterocycles. The molecule has 1 unspecified atom stereocenters. The summed E-state index contributed by atoms with van der Waals surface area (Å²) in [4.78, 5) is 33.4. The Morgan fingerprint density at radius 2 is 1.94 bits per heavy atom. The smallest absolute Gasteiger partial charge is 0.271 e. The van der Waals surface area contributed by atoms with Gasteiger partial charge in [0.1, 0.15) is 6.04 Å². The number of hydrogen-bond donors (Lipinski definition) is 1. The summed E-state index contributed by atoms with van der Waals surface area (Å²) in [5.41, 5.74) is 4.34. The molecule has 1 atom stereocenters. The molecule has 0 radical (unpaired) electrons. The largest absolute Gasteiger partial charge is 0.322 e. The molecule has 0 spiro atoms. The van der Waals surface area contributed by atoms with Crippen molar-refractivity contribution < 1.29 is 4.79 Å². The van der Waals surface area contributed by atoms with Crippen molar-refractivity contribution in [2.45, 2.75) is 26.8 Å². The van der Waals surface area contributed by atoms with E-state index >= 15 is 0 Å². The summed E-state index contributed by atoms with van der Waals surface area (Å²) in [6.07, 6.45) is 3.74. The number of carbonyl (C=O) groups excluding carboxylic acids is 1. The van der Waals surface area contributed by atoms with E-state index in [-0.39, 0.29) is 11.5 Å². The second-order valence-corrected chi connectivity index (χ2v) is 10.2. The van der Waals surface area contributed by atoms with Crippen LogP contribution >= 0.6 is 22.7 Å². The molecule has 4 heterocycles. The molecule has 34 heavy (non-hydrogen) atoms. The molecule has 4 aromatic rings. The Hall–Kier alpha value is -3.56. The molecular weight excluding hydrogens is 466 g/mol. The van der Waals surface area contributed by atoms with Gasteiger partial charge < -0.3 is 5.32 Å². The van der Waals surface area contributed by atoms with Gasteiger partial charge in [0.2, 0.25) is 0 Å². The molecule has 1 aromatic carbocycles. The number of amides is 1. The van der Waals surface area contributed by atoms with Crippen LogP contribution in [0.3, 0.4) is 0 Å². The quantitative estimate of drug-likeness (QED) is 0.478.